The predicted molar refractivity (Wildman–Crippen MR) is 64.6 cm³/mol. The van der Waals surface area contributed by atoms with Crippen molar-refractivity contribution in [1.82, 2.24) is 0 Å². The van der Waals surface area contributed by atoms with Crippen LogP contribution < -0.4 is 0 Å². The predicted octanol–water partition coefficient (Wildman–Crippen LogP) is 4.04. The summed E-state index contributed by atoms with van der Waals surface area (Å²) in [4.78, 5) is 0. The van der Waals surface area contributed by atoms with Gasteiger partial charge in [0.1, 0.15) is 0 Å². The molecular formula is C13H24O2. The van der Waals surface area contributed by atoms with E-state index in [0.717, 1.165) is 26.1 Å². The van der Waals surface area contributed by atoms with Crippen LogP contribution in [0.25, 0.3) is 0 Å². The van der Waals surface area contributed by atoms with E-state index in [2.05, 4.69) is 0 Å². The maximum Gasteiger partial charge on any atom is 0.0873 e. The largest absolute Gasteiger partial charge is 0.502 e. The van der Waals surface area contributed by atoms with Crippen molar-refractivity contribution >= 4 is 0 Å². The van der Waals surface area contributed by atoms with Gasteiger partial charge in [-0.3, -0.25) is 0 Å². The van der Waals surface area contributed by atoms with E-state index in [-0.39, 0.29) is 0 Å². The number of hydrogen-bond donors (Lipinski definition) is 0. The third-order valence-electron chi connectivity index (χ3n) is 1.99. The van der Waals surface area contributed by atoms with Gasteiger partial charge in [0, 0.05) is 0 Å². The number of unbranched alkanes of at least 4 members (excludes halogenated alkanes) is 4. The number of ether oxygens (including phenoxy) is 2. The first kappa shape index (κ1) is 14.1. The van der Waals surface area contributed by atoms with Gasteiger partial charge in [-0.05, 0) is 26.7 Å². The fraction of sp³-hybridized carbons (Fsp3) is 0.692. The first-order valence-corrected chi connectivity index (χ1v) is 5.87. The van der Waals surface area contributed by atoms with Crippen LogP contribution in [0.1, 0.15) is 46.0 Å². The topological polar surface area (TPSA) is 18.5 Å². The van der Waals surface area contributed by atoms with Gasteiger partial charge >= 0.3 is 0 Å². The molecule has 0 heterocycles. The lowest BCUT2D eigenvalue weighted by Gasteiger charge is -2.02. The molecule has 0 aromatic heterocycles. The summed E-state index contributed by atoms with van der Waals surface area (Å²) in [5.74, 6) is 0. The highest BCUT2D eigenvalue weighted by Crippen LogP contribution is 2.03. The molecule has 0 aliphatic heterocycles. The Bertz CT molecular complexity index is 144. The minimum atomic E-state index is 0.847. The van der Waals surface area contributed by atoms with Crippen molar-refractivity contribution in [2.24, 2.45) is 0 Å². The minimum Gasteiger partial charge on any atom is -0.502 e. The van der Waals surface area contributed by atoms with Crippen LogP contribution in [-0.2, 0) is 9.47 Å². The Kier molecular flexibility index (Phi) is 12.3. The van der Waals surface area contributed by atoms with Crippen molar-refractivity contribution in [3.05, 3.63) is 24.7 Å². The molecule has 0 spiro atoms. The Hall–Kier alpha value is -0.920. The van der Waals surface area contributed by atoms with Gasteiger partial charge < -0.3 is 9.47 Å². The summed E-state index contributed by atoms with van der Waals surface area (Å²) in [6, 6.07) is 0. The van der Waals surface area contributed by atoms with Crippen LogP contribution in [0, 0.1) is 0 Å². The van der Waals surface area contributed by atoms with Gasteiger partial charge in [0.2, 0.25) is 0 Å². The maximum absolute atomic E-state index is 5.23. The molecule has 0 aliphatic rings. The molecule has 0 N–H and O–H groups in total. The van der Waals surface area contributed by atoms with Crippen LogP contribution in [0.4, 0.5) is 0 Å². The second-order valence-electron chi connectivity index (χ2n) is 3.45. The second-order valence-corrected chi connectivity index (χ2v) is 3.45. The molecule has 15 heavy (non-hydrogen) atoms. The molecule has 0 aromatic rings. The molecule has 2 heteroatoms. The maximum atomic E-state index is 5.23. The molecule has 0 amide bonds. The van der Waals surface area contributed by atoms with Crippen molar-refractivity contribution in [2.45, 2.75) is 46.0 Å². The molecule has 0 radical (unpaired) electrons. The minimum absolute atomic E-state index is 0.847. The van der Waals surface area contributed by atoms with Gasteiger partial charge in [-0.25, -0.2) is 0 Å². The summed E-state index contributed by atoms with van der Waals surface area (Å²) in [6.07, 6.45) is 13.4. The second kappa shape index (κ2) is 13.1. The van der Waals surface area contributed by atoms with E-state index < -0.39 is 0 Å². The molecule has 0 aliphatic carbocycles. The molecule has 0 unspecified atom stereocenters. The van der Waals surface area contributed by atoms with Crippen LogP contribution in [0.2, 0.25) is 0 Å². The average Bonchev–Trinajstić information content (AvgIpc) is 2.26. The molecule has 88 valence electrons. The van der Waals surface area contributed by atoms with E-state index in [1.165, 1.54) is 19.3 Å². The van der Waals surface area contributed by atoms with Gasteiger partial charge in [-0.15, -0.1) is 0 Å². The zero-order chi connectivity index (χ0) is 11.2. The lowest BCUT2D eigenvalue weighted by molar-refractivity contribution is 0.231. The fourth-order valence-electron chi connectivity index (χ4n) is 1.23. The standard InChI is InChI=1S/C13H24O2/c1-3-10-14-12-8-6-5-7-9-13-15-11-4-2/h3-4,10-11H,5-9,12-13H2,1-2H3. The lowest BCUT2D eigenvalue weighted by atomic mass is 10.1. The van der Waals surface area contributed by atoms with Crippen LogP contribution >= 0.6 is 0 Å². The molecule has 0 saturated heterocycles. The van der Waals surface area contributed by atoms with E-state index >= 15 is 0 Å². The highest BCUT2D eigenvalue weighted by molar-refractivity contribution is 4.65. The summed E-state index contributed by atoms with van der Waals surface area (Å²) < 4.78 is 10.5. The molecule has 0 atom stereocenters. The van der Waals surface area contributed by atoms with Gasteiger partial charge in [-0.2, -0.15) is 0 Å². The van der Waals surface area contributed by atoms with Crippen molar-refractivity contribution in [3.8, 4) is 0 Å². The Morgan fingerprint density at radius 1 is 0.667 bits per heavy atom. The average molecular weight is 212 g/mol. The smallest absolute Gasteiger partial charge is 0.0873 e. The number of hydrogen-bond acceptors (Lipinski definition) is 2. The molecule has 0 aromatic carbocycles. The first-order valence-electron chi connectivity index (χ1n) is 5.87. The zero-order valence-electron chi connectivity index (χ0n) is 10.1. The van der Waals surface area contributed by atoms with E-state index in [0.29, 0.717) is 0 Å². The third-order valence-corrected chi connectivity index (χ3v) is 1.99. The Morgan fingerprint density at radius 2 is 1.07 bits per heavy atom. The summed E-state index contributed by atoms with van der Waals surface area (Å²) in [5.41, 5.74) is 0. The summed E-state index contributed by atoms with van der Waals surface area (Å²) in [5, 5.41) is 0. The highest BCUT2D eigenvalue weighted by Gasteiger charge is 1.90. The van der Waals surface area contributed by atoms with E-state index in [1.807, 2.05) is 26.0 Å². The molecule has 0 bridgehead atoms. The van der Waals surface area contributed by atoms with Crippen LogP contribution in [0.3, 0.4) is 0 Å². The van der Waals surface area contributed by atoms with Crippen molar-refractivity contribution < 1.29 is 9.47 Å². The van der Waals surface area contributed by atoms with Crippen molar-refractivity contribution in [3.63, 3.8) is 0 Å². The van der Waals surface area contributed by atoms with Crippen molar-refractivity contribution in [2.75, 3.05) is 13.2 Å². The van der Waals surface area contributed by atoms with Crippen LogP contribution in [-0.4, -0.2) is 13.2 Å². The summed E-state index contributed by atoms with van der Waals surface area (Å²) >= 11 is 0. The van der Waals surface area contributed by atoms with E-state index in [9.17, 15) is 0 Å². The van der Waals surface area contributed by atoms with E-state index in [4.69, 9.17) is 9.47 Å². The number of allylic oxidation sites excluding steroid dienone is 2. The lowest BCUT2D eigenvalue weighted by Crippen LogP contribution is -1.90. The molecule has 0 saturated carbocycles. The zero-order valence-corrected chi connectivity index (χ0v) is 10.1. The SMILES string of the molecule is CC=COCCCCCCCOC=CC. The Labute approximate surface area is 94.0 Å². The molecule has 2 nitrogen and oxygen atoms in total. The highest BCUT2D eigenvalue weighted by atomic mass is 16.5. The Morgan fingerprint density at radius 3 is 1.47 bits per heavy atom. The molecular weight excluding hydrogens is 188 g/mol. The van der Waals surface area contributed by atoms with Gasteiger partial charge in [0.05, 0.1) is 25.7 Å². The Balaban J connectivity index is 2.92. The van der Waals surface area contributed by atoms with Crippen molar-refractivity contribution in [1.29, 1.82) is 0 Å². The first-order chi connectivity index (χ1) is 7.41. The van der Waals surface area contributed by atoms with Gasteiger partial charge in [0.15, 0.2) is 0 Å². The number of rotatable bonds is 10. The quantitative estimate of drug-likeness (QED) is 0.402. The molecule has 0 rings (SSSR count). The van der Waals surface area contributed by atoms with Crippen LogP contribution in [0.15, 0.2) is 24.7 Å². The summed E-state index contributed by atoms with van der Waals surface area (Å²) in [7, 11) is 0. The molecule has 0 fully saturated rings. The summed E-state index contributed by atoms with van der Waals surface area (Å²) in [6.45, 7) is 5.62. The third kappa shape index (κ3) is 13.1. The normalized spacial score (nSPS) is 11.3. The van der Waals surface area contributed by atoms with Gasteiger partial charge in [-0.1, -0.05) is 31.4 Å². The fourth-order valence-corrected chi connectivity index (χ4v) is 1.23. The van der Waals surface area contributed by atoms with Gasteiger partial charge in [0.25, 0.3) is 0 Å². The van der Waals surface area contributed by atoms with Crippen LogP contribution in [0.5, 0.6) is 0 Å². The van der Waals surface area contributed by atoms with E-state index in [1.54, 1.807) is 12.5 Å². The monoisotopic (exact) mass is 212 g/mol.